The number of anilines is 1. The van der Waals surface area contributed by atoms with Crippen molar-refractivity contribution in [1.29, 1.82) is 0 Å². The molecule has 12 heavy (non-hydrogen) atoms. The fraction of sp³-hybridized carbons (Fsp3) is 0.167. The fourth-order valence-corrected chi connectivity index (χ4v) is 1.26. The van der Waals surface area contributed by atoms with Gasteiger partial charge in [-0.3, -0.25) is 4.99 Å². The first-order chi connectivity index (χ1) is 5.65. The van der Waals surface area contributed by atoms with E-state index in [1.165, 1.54) is 18.4 Å². The highest BCUT2D eigenvalue weighted by Crippen LogP contribution is 2.11. The minimum Gasteiger partial charge on any atom is -0.476 e. The Bertz CT molecular complexity index is 331. The van der Waals surface area contributed by atoms with Crippen molar-refractivity contribution in [3.63, 3.8) is 0 Å². The molecule has 64 valence electrons. The van der Waals surface area contributed by atoms with Gasteiger partial charge in [-0.2, -0.15) is 0 Å². The summed E-state index contributed by atoms with van der Waals surface area (Å²) in [4.78, 5) is 17.9. The van der Waals surface area contributed by atoms with Crippen LogP contribution in [0.15, 0.2) is 10.4 Å². The third-order valence-corrected chi connectivity index (χ3v) is 1.86. The Morgan fingerprint density at radius 3 is 2.83 bits per heavy atom. The lowest BCUT2D eigenvalue weighted by atomic mass is 10.3. The van der Waals surface area contributed by atoms with Crippen LogP contribution in [0.5, 0.6) is 0 Å². The van der Waals surface area contributed by atoms with E-state index in [2.05, 4.69) is 9.98 Å². The van der Waals surface area contributed by atoms with E-state index in [0.717, 1.165) is 0 Å². The van der Waals surface area contributed by atoms with E-state index in [9.17, 15) is 4.79 Å². The molecule has 1 aromatic rings. The van der Waals surface area contributed by atoms with Crippen molar-refractivity contribution < 1.29 is 9.90 Å². The Kier molecular flexibility index (Phi) is 2.39. The van der Waals surface area contributed by atoms with Crippen LogP contribution in [0, 0.1) is 0 Å². The van der Waals surface area contributed by atoms with Crippen molar-refractivity contribution in [3.8, 4) is 0 Å². The molecule has 0 spiro atoms. The zero-order valence-corrected chi connectivity index (χ0v) is 7.13. The topological polar surface area (TPSA) is 88.6 Å². The van der Waals surface area contributed by atoms with E-state index in [1.807, 2.05) is 0 Å². The molecule has 0 atom stereocenters. The zero-order chi connectivity index (χ0) is 9.14. The van der Waals surface area contributed by atoms with E-state index >= 15 is 0 Å². The van der Waals surface area contributed by atoms with Gasteiger partial charge in [0, 0.05) is 12.4 Å². The van der Waals surface area contributed by atoms with Gasteiger partial charge < -0.3 is 10.8 Å². The average Bonchev–Trinajstić information content (AvgIpc) is 2.37. The fourth-order valence-electron chi connectivity index (χ4n) is 0.716. The van der Waals surface area contributed by atoms with Gasteiger partial charge in [0.05, 0.1) is 0 Å². The molecule has 0 aliphatic carbocycles. The lowest BCUT2D eigenvalue weighted by molar-refractivity contribution is -0.129. The van der Waals surface area contributed by atoms with Gasteiger partial charge >= 0.3 is 5.97 Å². The third kappa shape index (κ3) is 1.59. The predicted molar refractivity (Wildman–Crippen MR) is 46.6 cm³/mol. The number of thiazole rings is 1. The Morgan fingerprint density at radius 2 is 2.50 bits per heavy atom. The van der Waals surface area contributed by atoms with Gasteiger partial charge in [0.15, 0.2) is 10.8 Å². The maximum atomic E-state index is 10.5. The van der Waals surface area contributed by atoms with Crippen LogP contribution >= 0.6 is 11.3 Å². The largest absolute Gasteiger partial charge is 0.476 e. The Hall–Kier alpha value is -1.43. The van der Waals surface area contributed by atoms with Crippen molar-refractivity contribution in [2.75, 3.05) is 12.8 Å². The van der Waals surface area contributed by atoms with Gasteiger partial charge in [-0.05, 0) is 0 Å². The summed E-state index contributed by atoms with van der Waals surface area (Å²) in [6.45, 7) is 0. The molecule has 6 heteroatoms. The van der Waals surface area contributed by atoms with Crippen molar-refractivity contribution in [2.24, 2.45) is 4.99 Å². The summed E-state index contributed by atoms with van der Waals surface area (Å²) in [6, 6.07) is 0. The van der Waals surface area contributed by atoms with E-state index in [0.29, 0.717) is 10.8 Å². The molecule has 0 radical (unpaired) electrons. The van der Waals surface area contributed by atoms with Gasteiger partial charge in [-0.1, -0.05) is 0 Å². The Morgan fingerprint density at radius 1 is 1.83 bits per heavy atom. The summed E-state index contributed by atoms with van der Waals surface area (Å²) in [5, 5.41) is 10.5. The van der Waals surface area contributed by atoms with Crippen molar-refractivity contribution in [2.45, 2.75) is 0 Å². The number of carboxylic acid groups (broad SMARTS) is 1. The van der Waals surface area contributed by atoms with E-state index < -0.39 is 5.97 Å². The van der Waals surface area contributed by atoms with Crippen molar-refractivity contribution in [1.82, 2.24) is 4.98 Å². The SMILES string of the molecule is CN=C(C(=O)O)c1csc(N)n1. The predicted octanol–water partition coefficient (Wildman–Crippen LogP) is 0.229. The Labute approximate surface area is 72.6 Å². The van der Waals surface area contributed by atoms with Crippen LogP contribution in [0.25, 0.3) is 0 Å². The molecular formula is C6H7N3O2S. The maximum absolute atomic E-state index is 10.5. The lowest BCUT2D eigenvalue weighted by Crippen LogP contribution is -2.14. The standard InChI is InChI=1S/C6H7N3O2S/c1-8-4(5(10)11)3-2-12-6(7)9-3/h2H,1H3,(H2,7,9)(H,10,11). The van der Waals surface area contributed by atoms with Crippen LogP contribution in [0.2, 0.25) is 0 Å². The van der Waals surface area contributed by atoms with Crippen molar-refractivity contribution in [3.05, 3.63) is 11.1 Å². The van der Waals surface area contributed by atoms with Gasteiger partial charge in [-0.25, -0.2) is 9.78 Å². The zero-order valence-electron chi connectivity index (χ0n) is 6.31. The maximum Gasteiger partial charge on any atom is 0.356 e. The third-order valence-electron chi connectivity index (χ3n) is 1.19. The van der Waals surface area contributed by atoms with Gasteiger partial charge in [-0.15, -0.1) is 11.3 Å². The first-order valence-corrected chi connectivity index (χ1v) is 3.94. The van der Waals surface area contributed by atoms with Crippen LogP contribution in [0.4, 0.5) is 5.13 Å². The molecule has 1 aromatic heterocycles. The first-order valence-electron chi connectivity index (χ1n) is 3.06. The summed E-state index contributed by atoms with van der Waals surface area (Å²) in [5.74, 6) is -1.09. The van der Waals surface area contributed by atoms with E-state index in [1.54, 1.807) is 5.38 Å². The number of aliphatic imine (C=N–C) groups is 1. The summed E-state index contributed by atoms with van der Waals surface area (Å²) in [5.41, 5.74) is 5.58. The number of carbonyl (C=O) groups is 1. The van der Waals surface area contributed by atoms with Crippen LogP contribution in [-0.2, 0) is 4.79 Å². The molecule has 0 bridgehead atoms. The second-order valence-electron chi connectivity index (χ2n) is 1.95. The van der Waals surface area contributed by atoms with E-state index in [4.69, 9.17) is 10.8 Å². The molecule has 0 aliphatic heterocycles. The number of nitrogens with zero attached hydrogens (tertiary/aromatic N) is 2. The average molecular weight is 185 g/mol. The highest BCUT2D eigenvalue weighted by Gasteiger charge is 2.13. The molecule has 0 aromatic carbocycles. The molecule has 1 rings (SSSR count). The number of aliphatic carboxylic acids is 1. The highest BCUT2D eigenvalue weighted by molar-refractivity contribution is 7.13. The molecule has 0 saturated heterocycles. The molecular weight excluding hydrogens is 178 g/mol. The monoisotopic (exact) mass is 185 g/mol. The Balaban J connectivity index is 3.04. The second-order valence-corrected chi connectivity index (χ2v) is 2.84. The number of rotatable bonds is 2. The molecule has 0 fully saturated rings. The van der Waals surface area contributed by atoms with Crippen LogP contribution in [-0.4, -0.2) is 28.8 Å². The van der Waals surface area contributed by atoms with Gasteiger partial charge in [0.25, 0.3) is 0 Å². The normalized spacial score (nSPS) is 11.6. The smallest absolute Gasteiger partial charge is 0.356 e. The minimum absolute atomic E-state index is 0.0667. The number of hydrogen-bond acceptors (Lipinski definition) is 5. The molecule has 1 heterocycles. The highest BCUT2D eigenvalue weighted by atomic mass is 32.1. The molecule has 0 unspecified atom stereocenters. The minimum atomic E-state index is -1.09. The van der Waals surface area contributed by atoms with Crippen LogP contribution in [0.3, 0.4) is 0 Å². The quantitative estimate of drug-likeness (QED) is 0.645. The number of hydrogen-bond donors (Lipinski definition) is 2. The molecule has 5 nitrogen and oxygen atoms in total. The van der Waals surface area contributed by atoms with Gasteiger partial charge in [0.2, 0.25) is 0 Å². The molecule has 0 saturated carbocycles. The summed E-state index contributed by atoms with van der Waals surface area (Å²) < 4.78 is 0. The molecule has 0 aliphatic rings. The van der Waals surface area contributed by atoms with Crippen LogP contribution in [0.1, 0.15) is 5.69 Å². The number of carboxylic acids is 1. The van der Waals surface area contributed by atoms with Crippen molar-refractivity contribution >= 4 is 28.1 Å². The molecule has 3 N–H and O–H groups in total. The second kappa shape index (κ2) is 3.31. The number of nitrogen functional groups attached to an aromatic ring is 1. The number of aromatic nitrogens is 1. The van der Waals surface area contributed by atoms with E-state index in [-0.39, 0.29) is 5.71 Å². The summed E-state index contributed by atoms with van der Waals surface area (Å²) >= 11 is 1.19. The summed E-state index contributed by atoms with van der Waals surface area (Å²) in [7, 11) is 1.40. The summed E-state index contributed by atoms with van der Waals surface area (Å²) in [6.07, 6.45) is 0. The number of nitrogens with two attached hydrogens (primary N) is 1. The van der Waals surface area contributed by atoms with Gasteiger partial charge in [0.1, 0.15) is 5.69 Å². The lowest BCUT2D eigenvalue weighted by Gasteiger charge is -1.92. The van der Waals surface area contributed by atoms with Crippen LogP contribution < -0.4 is 5.73 Å². The first kappa shape index (κ1) is 8.66. The molecule has 0 amide bonds.